The van der Waals surface area contributed by atoms with Crippen LogP contribution in [-0.2, 0) is 11.3 Å². The number of anilines is 2. The van der Waals surface area contributed by atoms with Crippen molar-refractivity contribution < 1.29 is 9.69 Å². The molecule has 3 rings (SSSR count). The fourth-order valence-electron chi connectivity index (χ4n) is 5.10. The first kappa shape index (κ1) is 21.6. The van der Waals surface area contributed by atoms with Gasteiger partial charge in [-0.3, -0.25) is 24.0 Å². The lowest BCUT2D eigenvalue weighted by atomic mass is 9.75. The van der Waals surface area contributed by atoms with E-state index in [1.807, 2.05) is 13.8 Å². The number of amides is 1. The molecule has 1 aromatic rings. The van der Waals surface area contributed by atoms with Crippen molar-refractivity contribution in [3.05, 3.63) is 20.8 Å². The van der Waals surface area contributed by atoms with Crippen LogP contribution < -0.4 is 26.8 Å². The molecule has 4 N–H and O–H groups in total. The van der Waals surface area contributed by atoms with E-state index >= 15 is 0 Å². The third kappa shape index (κ3) is 4.74. The molecule has 162 valence electrons. The Morgan fingerprint density at radius 3 is 2.62 bits per heavy atom. The number of carbonyl (C=O) groups excluding carboxylic acids is 1. The van der Waals surface area contributed by atoms with E-state index in [-0.39, 0.29) is 17.4 Å². The third-order valence-electron chi connectivity index (χ3n) is 6.72. The molecule has 0 aromatic carbocycles. The summed E-state index contributed by atoms with van der Waals surface area (Å²) in [6.45, 7) is 7.04. The van der Waals surface area contributed by atoms with Gasteiger partial charge in [-0.15, -0.1) is 0 Å². The van der Waals surface area contributed by atoms with E-state index in [0.29, 0.717) is 19.6 Å². The number of unbranched alkanes of at least 4 members (excludes halogenated alkanes) is 1. The van der Waals surface area contributed by atoms with Crippen LogP contribution in [0.5, 0.6) is 0 Å². The van der Waals surface area contributed by atoms with Gasteiger partial charge in [0, 0.05) is 19.0 Å². The Labute approximate surface area is 172 Å². The topological polar surface area (TPSA) is 106 Å². The third-order valence-corrected chi connectivity index (χ3v) is 6.72. The van der Waals surface area contributed by atoms with Crippen LogP contribution in [0.1, 0.15) is 58.8 Å². The van der Waals surface area contributed by atoms with Crippen molar-refractivity contribution in [3.8, 4) is 0 Å². The van der Waals surface area contributed by atoms with Crippen molar-refractivity contribution in [2.75, 3.05) is 36.8 Å². The minimum absolute atomic E-state index is 0.0865. The van der Waals surface area contributed by atoms with Gasteiger partial charge in [-0.05, 0) is 38.5 Å². The van der Waals surface area contributed by atoms with Gasteiger partial charge in [-0.2, -0.15) is 0 Å². The summed E-state index contributed by atoms with van der Waals surface area (Å²) in [7, 11) is 0. The average molecular weight is 407 g/mol. The highest BCUT2D eigenvalue weighted by Crippen LogP contribution is 2.32. The summed E-state index contributed by atoms with van der Waals surface area (Å²) in [5.41, 5.74) is 5.21. The minimum atomic E-state index is -0.587. The first-order valence-electron chi connectivity index (χ1n) is 11.2. The number of carbonyl (C=O) groups is 1. The number of quaternary nitrogens is 1. The number of H-pyrrole nitrogens is 1. The van der Waals surface area contributed by atoms with Crippen molar-refractivity contribution in [1.29, 1.82) is 0 Å². The number of nitrogens with zero attached hydrogens (tertiary/aromatic N) is 2. The SMILES string of the molecule is CCCCn1c(N)c(N(CC)C(=O)C[NH+]2CC[C@@H]3CCCC[C@@H]3C2)c(=O)[nH]c1=O. The molecule has 2 fully saturated rings. The fourth-order valence-corrected chi connectivity index (χ4v) is 5.10. The molecule has 29 heavy (non-hydrogen) atoms. The monoisotopic (exact) mass is 406 g/mol. The Bertz CT molecular complexity index is 831. The number of nitrogens with two attached hydrogens (primary N) is 1. The zero-order valence-corrected chi connectivity index (χ0v) is 17.8. The molecule has 1 saturated carbocycles. The Kier molecular flexibility index (Phi) is 7.16. The molecule has 8 nitrogen and oxygen atoms in total. The number of aromatic nitrogens is 2. The molecule has 1 aliphatic heterocycles. The van der Waals surface area contributed by atoms with Gasteiger partial charge in [0.05, 0.1) is 13.1 Å². The lowest BCUT2D eigenvalue weighted by molar-refractivity contribution is -0.902. The van der Waals surface area contributed by atoms with Crippen LogP contribution >= 0.6 is 0 Å². The summed E-state index contributed by atoms with van der Waals surface area (Å²) >= 11 is 0. The lowest BCUT2D eigenvalue weighted by Gasteiger charge is -2.39. The maximum Gasteiger partial charge on any atom is 0.330 e. The molecule has 0 spiro atoms. The first-order chi connectivity index (χ1) is 14.0. The first-order valence-corrected chi connectivity index (χ1v) is 11.2. The highest BCUT2D eigenvalue weighted by molar-refractivity contribution is 5.96. The molecule has 1 aliphatic carbocycles. The Morgan fingerprint density at radius 2 is 1.93 bits per heavy atom. The molecule has 1 aromatic heterocycles. The summed E-state index contributed by atoms with van der Waals surface area (Å²) in [4.78, 5) is 42.9. The van der Waals surface area contributed by atoms with E-state index in [9.17, 15) is 14.4 Å². The van der Waals surface area contributed by atoms with Crippen molar-refractivity contribution in [2.24, 2.45) is 11.8 Å². The molecule has 1 amide bonds. The number of hydrogen-bond acceptors (Lipinski definition) is 4. The molecule has 3 atom stereocenters. The molecular weight excluding hydrogens is 370 g/mol. The summed E-state index contributed by atoms with van der Waals surface area (Å²) in [5, 5.41) is 0. The largest absolute Gasteiger partial charge is 0.383 e. The number of piperidine rings is 1. The Balaban J connectivity index is 1.77. The molecule has 1 unspecified atom stereocenters. The van der Waals surface area contributed by atoms with Gasteiger partial charge in [-0.25, -0.2) is 4.79 Å². The second-order valence-electron chi connectivity index (χ2n) is 8.61. The van der Waals surface area contributed by atoms with Gasteiger partial charge < -0.3 is 10.6 Å². The molecule has 8 heteroatoms. The summed E-state index contributed by atoms with van der Waals surface area (Å²) in [6, 6.07) is 0. The second kappa shape index (κ2) is 9.61. The molecule has 2 heterocycles. The van der Waals surface area contributed by atoms with Crippen LogP contribution in [0.2, 0.25) is 0 Å². The number of likely N-dealkylation sites (N-methyl/N-ethyl adjacent to an activating group) is 1. The second-order valence-corrected chi connectivity index (χ2v) is 8.61. The zero-order valence-electron chi connectivity index (χ0n) is 17.8. The normalized spacial score (nSPS) is 24.1. The predicted molar refractivity (Wildman–Crippen MR) is 114 cm³/mol. The summed E-state index contributed by atoms with van der Waals surface area (Å²) in [6.07, 6.45) is 8.11. The summed E-state index contributed by atoms with van der Waals surface area (Å²) in [5.74, 6) is 1.53. The molecule has 1 saturated heterocycles. The maximum absolute atomic E-state index is 13.1. The van der Waals surface area contributed by atoms with E-state index in [4.69, 9.17) is 5.73 Å². The predicted octanol–water partition coefficient (Wildman–Crippen LogP) is 0.367. The van der Waals surface area contributed by atoms with Crippen LogP contribution in [0, 0.1) is 11.8 Å². The van der Waals surface area contributed by atoms with Crippen molar-refractivity contribution in [2.45, 2.75) is 65.3 Å². The Hall–Kier alpha value is -2.09. The number of aromatic amines is 1. The van der Waals surface area contributed by atoms with E-state index in [1.54, 1.807) is 0 Å². The van der Waals surface area contributed by atoms with Gasteiger partial charge >= 0.3 is 5.69 Å². The molecule has 0 radical (unpaired) electrons. The zero-order chi connectivity index (χ0) is 21.0. The van der Waals surface area contributed by atoms with Crippen LogP contribution in [0.4, 0.5) is 11.5 Å². The highest BCUT2D eigenvalue weighted by Gasteiger charge is 2.35. The molecule has 0 bridgehead atoms. The van der Waals surface area contributed by atoms with E-state index < -0.39 is 11.2 Å². The van der Waals surface area contributed by atoms with Crippen molar-refractivity contribution in [1.82, 2.24) is 9.55 Å². The molecule has 2 aliphatic rings. The van der Waals surface area contributed by atoms with Crippen molar-refractivity contribution in [3.63, 3.8) is 0 Å². The number of rotatable bonds is 7. The number of likely N-dealkylation sites (tertiary alicyclic amines) is 1. The van der Waals surface area contributed by atoms with Crippen LogP contribution in [0.3, 0.4) is 0 Å². The number of hydrogen-bond donors (Lipinski definition) is 3. The van der Waals surface area contributed by atoms with Crippen LogP contribution in [-0.4, -0.2) is 41.6 Å². The summed E-state index contributed by atoms with van der Waals surface area (Å²) < 4.78 is 1.37. The number of fused-ring (bicyclic) bond motifs is 1. The van der Waals surface area contributed by atoms with Gasteiger partial charge in [0.1, 0.15) is 5.82 Å². The van der Waals surface area contributed by atoms with Gasteiger partial charge in [-0.1, -0.05) is 26.2 Å². The number of nitrogen functional groups attached to an aromatic ring is 1. The smallest absolute Gasteiger partial charge is 0.330 e. The van der Waals surface area contributed by atoms with Gasteiger partial charge in [0.25, 0.3) is 11.5 Å². The average Bonchev–Trinajstić information content (AvgIpc) is 2.70. The lowest BCUT2D eigenvalue weighted by Crippen LogP contribution is -3.15. The van der Waals surface area contributed by atoms with Gasteiger partial charge in [0.2, 0.25) is 0 Å². The number of nitrogens with one attached hydrogen (secondary N) is 2. The van der Waals surface area contributed by atoms with E-state index in [1.165, 1.54) is 46.5 Å². The highest BCUT2D eigenvalue weighted by atomic mass is 16.2. The minimum Gasteiger partial charge on any atom is -0.383 e. The fraction of sp³-hybridized carbons (Fsp3) is 0.762. The van der Waals surface area contributed by atoms with Crippen LogP contribution in [0.25, 0.3) is 0 Å². The van der Waals surface area contributed by atoms with Gasteiger partial charge in [0.15, 0.2) is 12.2 Å². The maximum atomic E-state index is 13.1. The standard InChI is InChI=1S/C21H35N5O3/c1-3-5-11-26-19(22)18(20(28)23-21(26)29)25(4-2)17(27)14-24-12-10-15-8-6-7-9-16(15)13-24/h15-16H,3-14,22H2,1-2H3,(H,23,28,29)/p+1/t15-,16+/m0/s1. The van der Waals surface area contributed by atoms with Crippen molar-refractivity contribution >= 4 is 17.4 Å². The van der Waals surface area contributed by atoms with Crippen LogP contribution in [0.15, 0.2) is 9.59 Å². The quantitative estimate of drug-likeness (QED) is 0.608. The van der Waals surface area contributed by atoms with E-state index in [0.717, 1.165) is 37.8 Å². The Morgan fingerprint density at radius 1 is 1.21 bits per heavy atom. The molecular formula is C21H36N5O3+. The van der Waals surface area contributed by atoms with E-state index in [2.05, 4.69) is 4.98 Å².